The molecule has 1 atom stereocenters. The van der Waals surface area contributed by atoms with Gasteiger partial charge in [-0.15, -0.1) is 0 Å². The monoisotopic (exact) mass is 403 g/mol. The van der Waals surface area contributed by atoms with Crippen LogP contribution in [0.2, 0.25) is 5.02 Å². The Morgan fingerprint density at radius 1 is 1.18 bits per heavy atom. The Labute approximate surface area is 168 Å². The third kappa shape index (κ3) is 4.25. The molecule has 1 aromatic carbocycles. The van der Waals surface area contributed by atoms with E-state index in [0.717, 1.165) is 18.4 Å². The first-order valence-corrected chi connectivity index (χ1v) is 9.34. The van der Waals surface area contributed by atoms with Crippen LogP contribution in [-0.2, 0) is 20.7 Å². The Kier molecular flexibility index (Phi) is 6.14. The van der Waals surface area contributed by atoms with Gasteiger partial charge < -0.3 is 14.4 Å². The summed E-state index contributed by atoms with van der Waals surface area (Å²) < 4.78 is 9.81. The van der Waals surface area contributed by atoms with E-state index in [4.69, 9.17) is 21.1 Å². The smallest absolute Gasteiger partial charge is 0.358 e. The summed E-state index contributed by atoms with van der Waals surface area (Å²) in [6.07, 6.45) is 2.31. The predicted molar refractivity (Wildman–Crippen MR) is 105 cm³/mol. The molecule has 3 rings (SSSR count). The maximum absolute atomic E-state index is 12.5. The molecule has 0 N–H and O–H groups in total. The lowest BCUT2D eigenvalue weighted by atomic mass is 10.0. The third-order valence-electron chi connectivity index (χ3n) is 4.72. The summed E-state index contributed by atoms with van der Waals surface area (Å²) in [4.78, 5) is 35.1. The molecule has 1 saturated carbocycles. The van der Waals surface area contributed by atoms with Crippen LogP contribution in [0.1, 0.15) is 40.6 Å². The number of aromatic nitrogens is 2. The van der Waals surface area contributed by atoms with Crippen molar-refractivity contribution >= 4 is 29.4 Å². The highest BCUT2D eigenvalue weighted by atomic mass is 35.5. The maximum atomic E-state index is 12.5. The van der Waals surface area contributed by atoms with Gasteiger partial charge in [-0.3, -0.25) is 0 Å². The van der Waals surface area contributed by atoms with Gasteiger partial charge in [0.1, 0.15) is 16.9 Å². The van der Waals surface area contributed by atoms with Crippen molar-refractivity contribution in [1.82, 2.24) is 9.97 Å². The molecule has 1 aliphatic carbocycles. The average Bonchev–Trinajstić information content (AvgIpc) is 3.56. The second-order valence-electron chi connectivity index (χ2n) is 6.67. The van der Waals surface area contributed by atoms with Crippen LogP contribution in [0.4, 0.5) is 5.82 Å². The van der Waals surface area contributed by atoms with Crippen molar-refractivity contribution in [3.8, 4) is 0 Å². The van der Waals surface area contributed by atoms with Crippen molar-refractivity contribution in [3.05, 3.63) is 52.4 Å². The Morgan fingerprint density at radius 3 is 2.43 bits per heavy atom. The Balaban J connectivity index is 2.01. The Bertz CT molecular complexity index is 871. The van der Waals surface area contributed by atoms with Crippen molar-refractivity contribution in [1.29, 1.82) is 0 Å². The molecule has 1 aliphatic rings. The van der Waals surface area contributed by atoms with E-state index >= 15 is 0 Å². The number of methoxy groups -OCH3 is 2. The van der Waals surface area contributed by atoms with E-state index in [0.29, 0.717) is 18.1 Å². The number of rotatable bonds is 7. The minimum atomic E-state index is -0.669. The number of esters is 2. The van der Waals surface area contributed by atoms with E-state index < -0.39 is 18.0 Å². The topological polar surface area (TPSA) is 81.6 Å². The zero-order valence-corrected chi connectivity index (χ0v) is 16.8. The number of anilines is 1. The lowest BCUT2D eigenvalue weighted by Gasteiger charge is -2.28. The summed E-state index contributed by atoms with van der Waals surface area (Å²) in [7, 11) is 4.31. The van der Waals surface area contributed by atoms with E-state index in [2.05, 4.69) is 9.97 Å². The zero-order valence-electron chi connectivity index (χ0n) is 16.0. The predicted octanol–water partition coefficient (Wildman–Crippen LogP) is 3.01. The van der Waals surface area contributed by atoms with Crippen LogP contribution in [0.25, 0.3) is 0 Å². The molecule has 8 heteroatoms. The number of likely N-dealkylation sites (N-methyl/N-ethyl adjacent to an activating group) is 1. The normalized spacial score (nSPS) is 14.3. The molecule has 0 saturated heterocycles. The molecule has 1 aromatic heterocycles. The molecular formula is C20H22ClN3O4. The average molecular weight is 404 g/mol. The van der Waals surface area contributed by atoms with Crippen LogP contribution < -0.4 is 4.90 Å². The third-order valence-corrected chi connectivity index (χ3v) is 5.07. The van der Waals surface area contributed by atoms with Gasteiger partial charge in [0.25, 0.3) is 0 Å². The molecule has 0 bridgehead atoms. The molecule has 0 amide bonds. The molecule has 1 fully saturated rings. The summed E-state index contributed by atoms with van der Waals surface area (Å²) >= 11 is 6.45. The second kappa shape index (κ2) is 8.56. The Hall–Kier alpha value is -2.67. The van der Waals surface area contributed by atoms with Gasteiger partial charge in [0.05, 0.1) is 14.2 Å². The van der Waals surface area contributed by atoms with Crippen molar-refractivity contribution in [2.24, 2.45) is 0 Å². The van der Waals surface area contributed by atoms with Gasteiger partial charge in [0, 0.05) is 19.4 Å². The van der Waals surface area contributed by atoms with Crippen molar-refractivity contribution in [3.63, 3.8) is 0 Å². The van der Waals surface area contributed by atoms with Crippen molar-refractivity contribution < 1.29 is 19.1 Å². The van der Waals surface area contributed by atoms with Gasteiger partial charge in [-0.05, 0) is 18.4 Å². The number of nitrogens with zero attached hydrogens (tertiary/aromatic N) is 3. The SMILES string of the molecule is COC(=O)c1nc(C2CC2)nc(N(C)[C@@H](Cc2ccccc2)C(=O)OC)c1Cl. The fourth-order valence-corrected chi connectivity index (χ4v) is 3.24. The van der Waals surface area contributed by atoms with Gasteiger partial charge in [-0.1, -0.05) is 41.9 Å². The minimum absolute atomic E-state index is 0.00578. The zero-order chi connectivity index (χ0) is 20.3. The van der Waals surface area contributed by atoms with Gasteiger partial charge in [-0.25, -0.2) is 19.6 Å². The van der Waals surface area contributed by atoms with Gasteiger partial charge in [0.15, 0.2) is 11.5 Å². The second-order valence-corrected chi connectivity index (χ2v) is 7.05. The summed E-state index contributed by atoms with van der Waals surface area (Å²) in [6.45, 7) is 0. The summed E-state index contributed by atoms with van der Waals surface area (Å²) in [6, 6.07) is 8.91. The van der Waals surface area contributed by atoms with Crippen LogP contribution in [0.5, 0.6) is 0 Å². The number of carbonyl (C=O) groups is 2. The minimum Gasteiger partial charge on any atom is -0.467 e. The van der Waals surface area contributed by atoms with E-state index in [-0.39, 0.29) is 16.6 Å². The Morgan fingerprint density at radius 2 is 1.86 bits per heavy atom. The molecule has 0 aliphatic heterocycles. The number of hydrogen-bond acceptors (Lipinski definition) is 7. The van der Waals surface area contributed by atoms with Crippen molar-refractivity contribution in [2.75, 3.05) is 26.2 Å². The van der Waals surface area contributed by atoms with Gasteiger partial charge in [0.2, 0.25) is 0 Å². The van der Waals surface area contributed by atoms with E-state index in [9.17, 15) is 9.59 Å². The summed E-state index contributed by atoms with van der Waals surface area (Å²) in [5.41, 5.74) is 0.969. The number of carbonyl (C=O) groups excluding carboxylic acids is 2. The molecule has 0 unspecified atom stereocenters. The fraction of sp³-hybridized carbons (Fsp3) is 0.400. The fourth-order valence-electron chi connectivity index (χ4n) is 2.94. The number of hydrogen-bond donors (Lipinski definition) is 0. The van der Waals surface area contributed by atoms with Crippen LogP contribution in [0.15, 0.2) is 30.3 Å². The van der Waals surface area contributed by atoms with Gasteiger partial charge in [-0.2, -0.15) is 0 Å². The molecule has 2 aromatic rings. The maximum Gasteiger partial charge on any atom is 0.358 e. The molecule has 0 spiro atoms. The van der Waals surface area contributed by atoms with Crippen molar-refractivity contribution in [2.45, 2.75) is 31.2 Å². The number of ether oxygens (including phenoxy) is 2. The first kappa shape index (κ1) is 20.1. The molecule has 7 nitrogen and oxygen atoms in total. The molecule has 0 radical (unpaired) electrons. The quantitative estimate of drug-likeness (QED) is 0.657. The first-order valence-electron chi connectivity index (χ1n) is 8.96. The standard InChI is InChI=1S/C20H22ClN3O4/c1-24(14(19(25)27-2)11-12-7-5-4-6-8-12)18-15(21)16(20(26)28-3)22-17(23-18)13-9-10-13/h4-8,13-14H,9-11H2,1-3H3/t14-/m0/s1. The highest BCUT2D eigenvalue weighted by Crippen LogP contribution is 2.40. The highest BCUT2D eigenvalue weighted by molar-refractivity contribution is 6.35. The highest BCUT2D eigenvalue weighted by Gasteiger charge is 2.33. The largest absolute Gasteiger partial charge is 0.467 e. The van der Waals surface area contributed by atoms with E-state index in [1.807, 2.05) is 30.3 Å². The lowest BCUT2D eigenvalue weighted by molar-refractivity contribution is -0.142. The number of benzene rings is 1. The molecule has 28 heavy (non-hydrogen) atoms. The summed E-state index contributed by atoms with van der Waals surface area (Å²) in [5.74, 6) is -0.0194. The lowest BCUT2D eigenvalue weighted by Crippen LogP contribution is -2.42. The van der Waals surface area contributed by atoms with Crippen LogP contribution in [0.3, 0.4) is 0 Å². The van der Waals surface area contributed by atoms with Crippen LogP contribution in [0, 0.1) is 0 Å². The number of halogens is 1. The molecule has 1 heterocycles. The molecular weight excluding hydrogens is 382 g/mol. The van der Waals surface area contributed by atoms with Crippen LogP contribution in [-0.4, -0.2) is 49.2 Å². The first-order chi connectivity index (χ1) is 13.5. The van der Waals surface area contributed by atoms with E-state index in [1.54, 1.807) is 11.9 Å². The van der Waals surface area contributed by atoms with E-state index in [1.165, 1.54) is 14.2 Å². The van der Waals surface area contributed by atoms with Crippen LogP contribution >= 0.6 is 11.6 Å². The van der Waals surface area contributed by atoms with Gasteiger partial charge >= 0.3 is 11.9 Å². The summed E-state index contributed by atoms with van der Waals surface area (Å²) in [5, 5.41) is 0.0562. The molecule has 148 valence electrons.